The molecule has 3 N–H and O–H groups in total. The molecule has 2 rings (SSSR count). The zero-order chi connectivity index (χ0) is 16.8. The van der Waals surface area contributed by atoms with Gasteiger partial charge in [-0.05, 0) is 24.6 Å². The summed E-state index contributed by atoms with van der Waals surface area (Å²) in [5, 5.41) is 3.07. The smallest absolute Gasteiger partial charge is 0.275 e. The molecule has 0 saturated heterocycles. The fourth-order valence-corrected chi connectivity index (χ4v) is 2.66. The Kier molecular flexibility index (Phi) is 5.53. The first-order chi connectivity index (χ1) is 11.0. The Balaban J connectivity index is 2.07. The summed E-state index contributed by atoms with van der Waals surface area (Å²) in [6, 6.07) is 4.86. The summed E-state index contributed by atoms with van der Waals surface area (Å²) >= 11 is 1.13. The molecule has 0 spiro atoms. The first-order valence-electron chi connectivity index (χ1n) is 6.83. The number of thioether (sulfide) groups is 1. The number of carbonyl (C=O) groups is 1. The SMILES string of the molecule is C=CCn1c(N)cc(=O)nc1SCC(=O)Nc1cc(C)ccn1. The number of anilines is 2. The van der Waals surface area contributed by atoms with Gasteiger partial charge in [-0.3, -0.25) is 9.59 Å². The van der Waals surface area contributed by atoms with E-state index < -0.39 is 5.56 Å². The number of aromatic nitrogens is 3. The molecule has 0 aliphatic rings. The van der Waals surface area contributed by atoms with Gasteiger partial charge in [0.1, 0.15) is 11.6 Å². The monoisotopic (exact) mass is 331 g/mol. The Morgan fingerprint density at radius 1 is 1.52 bits per heavy atom. The van der Waals surface area contributed by atoms with Crippen LogP contribution in [0.15, 0.2) is 47.0 Å². The number of pyridine rings is 1. The van der Waals surface area contributed by atoms with Crippen LogP contribution in [0.25, 0.3) is 0 Å². The Bertz CT molecular complexity index is 788. The fraction of sp³-hybridized carbons (Fsp3) is 0.200. The van der Waals surface area contributed by atoms with Gasteiger partial charge in [0.05, 0.1) is 5.75 Å². The molecule has 0 atom stereocenters. The van der Waals surface area contributed by atoms with Crippen molar-refractivity contribution < 1.29 is 4.79 Å². The lowest BCUT2D eigenvalue weighted by molar-refractivity contribution is -0.113. The quantitative estimate of drug-likeness (QED) is 0.472. The van der Waals surface area contributed by atoms with E-state index in [1.807, 2.05) is 13.0 Å². The maximum absolute atomic E-state index is 12.0. The van der Waals surface area contributed by atoms with E-state index in [0.717, 1.165) is 17.3 Å². The molecular weight excluding hydrogens is 314 g/mol. The maximum Gasteiger partial charge on any atom is 0.275 e. The molecule has 0 aromatic carbocycles. The van der Waals surface area contributed by atoms with Crippen molar-refractivity contribution >= 4 is 29.3 Å². The minimum Gasteiger partial charge on any atom is -0.385 e. The van der Waals surface area contributed by atoms with Crippen molar-refractivity contribution in [2.75, 3.05) is 16.8 Å². The minimum absolute atomic E-state index is 0.0860. The van der Waals surface area contributed by atoms with E-state index in [1.54, 1.807) is 22.9 Å². The van der Waals surface area contributed by atoms with Gasteiger partial charge in [-0.1, -0.05) is 17.8 Å². The Morgan fingerprint density at radius 3 is 3.00 bits per heavy atom. The van der Waals surface area contributed by atoms with E-state index in [-0.39, 0.29) is 17.5 Å². The van der Waals surface area contributed by atoms with Crippen molar-refractivity contribution in [3.63, 3.8) is 0 Å². The number of nitrogens with one attached hydrogen (secondary N) is 1. The van der Waals surface area contributed by atoms with Crippen LogP contribution in [0.3, 0.4) is 0 Å². The van der Waals surface area contributed by atoms with Crippen molar-refractivity contribution in [1.29, 1.82) is 0 Å². The molecule has 0 unspecified atom stereocenters. The van der Waals surface area contributed by atoms with Gasteiger partial charge >= 0.3 is 0 Å². The molecule has 0 bridgehead atoms. The molecule has 120 valence electrons. The molecule has 7 nitrogen and oxygen atoms in total. The van der Waals surface area contributed by atoms with E-state index in [2.05, 4.69) is 21.9 Å². The number of hydrogen-bond acceptors (Lipinski definition) is 6. The third-order valence-corrected chi connectivity index (χ3v) is 3.82. The summed E-state index contributed by atoms with van der Waals surface area (Å²) in [5.41, 5.74) is 6.37. The summed E-state index contributed by atoms with van der Waals surface area (Å²) in [6.45, 7) is 5.96. The molecule has 0 aliphatic heterocycles. The summed E-state index contributed by atoms with van der Waals surface area (Å²) < 4.78 is 1.62. The molecule has 0 radical (unpaired) electrons. The highest BCUT2D eigenvalue weighted by molar-refractivity contribution is 7.99. The van der Waals surface area contributed by atoms with E-state index in [0.29, 0.717) is 17.5 Å². The zero-order valence-corrected chi connectivity index (χ0v) is 13.5. The lowest BCUT2D eigenvalue weighted by Crippen LogP contribution is -2.20. The summed E-state index contributed by atoms with van der Waals surface area (Å²) in [5.74, 6) is 0.616. The van der Waals surface area contributed by atoms with Crippen LogP contribution in [0.4, 0.5) is 11.6 Å². The summed E-state index contributed by atoms with van der Waals surface area (Å²) in [6.07, 6.45) is 3.27. The van der Waals surface area contributed by atoms with Crippen LogP contribution in [-0.4, -0.2) is 26.2 Å². The molecular formula is C15H17N5O2S. The predicted octanol–water partition coefficient (Wildman–Crippen LogP) is 1.45. The molecule has 0 aliphatic carbocycles. The van der Waals surface area contributed by atoms with Crippen LogP contribution in [-0.2, 0) is 11.3 Å². The first kappa shape index (κ1) is 16.8. The van der Waals surface area contributed by atoms with E-state index in [4.69, 9.17) is 5.73 Å². The van der Waals surface area contributed by atoms with Crippen LogP contribution in [0.1, 0.15) is 5.56 Å². The average Bonchev–Trinajstić information content (AvgIpc) is 2.48. The average molecular weight is 331 g/mol. The van der Waals surface area contributed by atoms with Gasteiger partial charge in [-0.2, -0.15) is 4.98 Å². The van der Waals surface area contributed by atoms with Gasteiger partial charge < -0.3 is 15.6 Å². The highest BCUT2D eigenvalue weighted by atomic mass is 32.2. The molecule has 1 amide bonds. The van der Waals surface area contributed by atoms with Gasteiger partial charge in [-0.15, -0.1) is 6.58 Å². The van der Waals surface area contributed by atoms with Crippen molar-refractivity contribution in [2.24, 2.45) is 0 Å². The second-order valence-corrected chi connectivity index (χ2v) is 5.70. The van der Waals surface area contributed by atoms with Gasteiger partial charge in [0.15, 0.2) is 5.16 Å². The number of allylic oxidation sites excluding steroid dienone is 1. The molecule has 2 aromatic heterocycles. The number of carbonyl (C=O) groups excluding carboxylic acids is 1. The van der Waals surface area contributed by atoms with Crippen LogP contribution >= 0.6 is 11.8 Å². The van der Waals surface area contributed by atoms with Crippen molar-refractivity contribution in [1.82, 2.24) is 14.5 Å². The Labute approximate surface area is 137 Å². The van der Waals surface area contributed by atoms with E-state index in [1.165, 1.54) is 6.07 Å². The van der Waals surface area contributed by atoms with Crippen LogP contribution < -0.4 is 16.6 Å². The molecule has 2 aromatic rings. The predicted molar refractivity (Wildman–Crippen MR) is 91.4 cm³/mol. The standard InChI is InChI=1S/C15H17N5O2S/c1-3-6-20-11(16)8-13(21)19-15(20)23-9-14(22)18-12-7-10(2)4-5-17-12/h3-5,7-8H,1,6,9,16H2,2H3,(H,17,18,22). The number of nitrogen functional groups attached to an aromatic ring is 1. The summed E-state index contributed by atoms with van der Waals surface area (Å²) in [4.78, 5) is 31.4. The van der Waals surface area contributed by atoms with Gasteiger partial charge in [0, 0.05) is 18.8 Å². The topological polar surface area (TPSA) is 103 Å². The second kappa shape index (κ2) is 7.59. The van der Waals surface area contributed by atoms with Crippen LogP contribution in [0.2, 0.25) is 0 Å². The Morgan fingerprint density at radius 2 is 2.30 bits per heavy atom. The van der Waals surface area contributed by atoms with E-state index in [9.17, 15) is 9.59 Å². The maximum atomic E-state index is 12.0. The van der Waals surface area contributed by atoms with Gasteiger partial charge in [-0.25, -0.2) is 4.98 Å². The number of nitrogens with two attached hydrogens (primary N) is 1. The lowest BCUT2D eigenvalue weighted by atomic mass is 10.3. The zero-order valence-electron chi connectivity index (χ0n) is 12.7. The highest BCUT2D eigenvalue weighted by Gasteiger charge is 2.10. The largest absolute Gasteiger partial charge is 0.385 e. The van der Waals surface area contributed by atoms with Crippen LogP contribution in [0.5, 0.6) is 0 Å². The number of rotatable bonds is 6. The minimum atomic E-state index is -0.439. The number of hydrogen-bond donors (Lipinski definition) is 2. The van der Waals surface area contributed by atoms with Crippen LogP contribution in [0, 0.1) is 6.92 Å². The molecule has 0 fully saturated rings. The van der Waals surface area contributed by atoms with Crippen molar-refractivity contribution in [3.8, 4) is 0 Å². The van der Waals surface area contributed by atoms with Crippen molar-refractivity contribution in [3.05, 3.63) is 53.0 Å². The molecule has 0 saturated carbocycles. The van der Waals surface area contributed by atoms with E-state index >= 15 is 0 Å². The summed E-state index contributed by atoms with van der Waals surface area (Å²) in [7, 11) is 0. The first-order valence-corrected chi connectivity index (χ1v) is 7.81. The number of amides is 1. The molecule has 8 heteroatoms. The number of nitrogens with zero attached hydrogens (tertiary/aromatic N) is 3. The highest BCUT2D eigenvalue weighted by Crippen LogP contribution is 2.17. The van der Waals surface area contributed by atoms with Gasteiger partial charge in [0.25, 0.3) is 5.56 Å². The molecule has 23 heavy (non-hydrogen) atoms. The normalized spacial score (nSPS) is 10.3. The lowest BCUT2D eigenvalue weighted by Gasteiger charge is -2.12. The number of aryl methyl sites for hydroxylation is 1. The van der Waals surface area contributed by atoms with Gasteiger partial charge in [0.2, 0.25) is 5.91 Å². The third kappa shape index (κ3) is 4.68. The Hall–Kier alpha value is -2.61. The van der Waals surface area contributed by atoms with Crippen molar-refractivity contribution in [2.45, 2.75) is 18.6 Å². The second-order valence-electron chi connectivity index (χ2n) is 4.76. The third-order valence-electron chi connectivity index (χ3n) is 2.85. The molecule has 2 heterocycles. The fourth-order valence-electron chi connectivity index (χ4n) is 1.84.